The highest BCUT2D eigenvalue weighted by Crippen LogP contribution is 2.10. The zero-order chi connectivity index (χ0) is 14.4. The smallest absolute Gasteiger partial charge is 0.310 e. The molecule has 0 saturated heterocycles. The molecule has 0 aliphatic heterocycles. The molecule has 3 N–H and O–H groups in total. The van der Waals surface area contributed by atoms with E-state index in [1.165, 1.54) is 0 Å². The first-order chi connectivity index (χ1) is 8.91. The van der Waals surface area contributed by atoms with Crippen LogP contribution in [0.3, 0.4) is 0 Å². The molecule has 19 heavy (non-hydrogen) atoms. The molecule has 0 bridgehead atoms. The van der Waals surface area contributed by atoms with Crippen molar-refractivity contribution in [2.45, 2.75) is 26.9 Å². The van der Waals surface area contributed by atoms with Gasteiger partial charge in [0.2, 0.25) is 0 Å². The molecule has 1 amide bonds. The number of carbonyl (C=O) groups is 2. The number of amides is 1. The summed E-state index contributed by atoms with van der Waals surface area (Å²) in [6.45, 7) is 5.50. The van der Waals surface area contributed by atoms with E-state index in [0.29, 0.717) is 11.3 Å². The van der Waals surface area contributed by atoms with Crippen molar-refractivity contribution in [1.29, 1.82) is 0 Å². The fraction of sp³-hybridized carbons (Fsp3) is 0.429. The highest BCUT2D eigenvalue weighted by Gasteiger charge is 2.17. The lowest BCUT2D eigenvalue weighted by Crippen LogP contribution is -2.33. The number of nitrogens with two attached hydrogens (primary N) is 1. The van der Waals surface area contributed by atoms with Crippen molar-refractivity contribution in [1.82, 2.24) is 5.32 Å². The summed E-state index contributed by atoms with van der Waals surface area (Å²) in [5, 5.41) is 2.67. The number of carbonyl (C=O) groups excluding carboxylic acids is 2. The summed E-state index contributed by atoms with van der Waals surface area (Å²) in [6.07, 6.45) is -0.157. The van der Waals surface area contributed by atoms with Crippen molar-refractivity contribution >= 4 is 17.6 Å². The van der Waals surface area contributed by atoms with Crippen LogP contribution in [0.1, 0.15) is 31.1 Å². The highest BCUT2D eigenvalue weighted by molar-refractivity contribution is 5.99. The third-order valence-electron chi connectivity index (χ3n) is 2.53. The second kappa shape index (κ2) is 6.78. The monoisotopic (exact) mass is 264 g/mol. The molecule has 5 nitrogen and oxygen atoms in total. The van der Waals surface area contributed by atoms with Crippen LogP contribution in [0, 0.1) is 5.92 Å². The maximum absolute atomic E-state index is 11.9. The number of ether oxygens (including phenoxy) is 1. The van der Waals surface area contributed by atoms with Crippen LogP contribution >= 0.6 is 0 Å². The van der Waals surface area contributed by atoms with Gasteiger partial charge in [0.25, 0.3) is 5.91 Å². The molecule has 1 unspecified atom stereocenters. The summed E-state index contributed by atoms with van der Waals surface area (Å²) in [7, 11) is 0. The van der Waals surface area contributed by atoms with E-state index in [-0.39, 0.29) is 24.5 Å². The van der Waals surface area contributed by atoms with Gasteiger partial charge in [0.05, 0.1) is 17.6 Å². The van der Waals surface area contributed by atoms with Gasteiger partial charge in [-0.3, -0.25) is 9.59 Å². The van der Waals surface area contributed by atoms with Crippen LogP contribution in [-0.4, -0.2) is 24.5 Å². The maximum Gasteiger partial charge on any atom is 0.310 e. The van der Waals surface area contributed by atoms with Gasteiger partial charge < -0.3 is 15.8 Å². The van der Waals surface area contributed by atoms with Crippen molar-refractivity contribution in [2.75, 3.05) is 12.3 Å². The maximum atomic E-state index is 11.9. The average molecular weight is 264 g/mol. The zero-order valence-electron chi connectivity index (χ0n) is 11.5. The van der Waals surface area contributed by atoms with Gasteiger partial charge in [-0.25, -0.2) is 0 Å². The quantitative estimate of drug-likeness (QED) is 0.625. The van der Waals surface area contributed by atoms with Crippen LogP contribution in [0.4, 0.5) is 5.69 Å². The van der Waals surface area contributed by atoms with Crippen molar-refractivity contribution in [3.8, 4) is 0 Å². The molecule has 104 valence electrons. The normalized spacial score (nSPS) is 12.0. The molecule has 5 heteroatoms. The highest BCUT2D eigenvalue weighted by atomic mass is 16.5. The van der Waals surface area contributed by atoms with Gasteiger partial charge in [0.1, 0.15) is 0 Å². The molecule has 0 radical (unpaired) electrons. The second-order valence-corrected chi connectivity index (χ2v) is 4.68. The number of anilines is 1. The van der Waals surface area contributed by atoms with E-state index in [1.54, 1.807) is 45.0 Å². The van der Waals surface area contributed by atoms with Gasteiger partial charge in [0, 0.05) is 12.2 Å². The molecule has 1 atom stereocenters. The Kier molecular flexibility index (Phi) is 5.36. The SMILES string of the molecule is CC(C)OC(=O)C(C)CNC(=O)c1ccccc1N. The number of nitrogens with one attached hydrogen (secondary N) is 1. The fourth-order valence-electron chi connectivity index (χ4n) is 1.48. The minimum absolute atomic E-state index is 0.157. The van der Waals surface area contributed by atoms with Crippen LogP contribution in [0.25, 0.3) is 0 Å². The molecule has 0 aromatic heterocycles. The van der Waals surface area contributed by atoms with E-state index < -0.39 is 5.92 Å². The predicted octanol–water partition coefficient (Wildman–Crippen LogP) is 1.59. The molecule has 0 aliphatic rings. The van der Waals surface area contributed by atoms with Crippen LogP contribution in [0.15, 0.2) is 24.3 Å². The van der Waals surface area contributed by atoms with Gasteiger partial charge in [-0.15, -0.1) is 0 Å². The van der Waals surface area contributed by atoms with Gasteiger partial charge in [-0.05, 0) is 26.0 Å². The molecule has 0 aliphatic carbocycles. The van der Waals surface area contributed by atoms with Gasteiger partial charge in [-0.2, -0.15) is 0 Å². The Morgan fingerprint density at radius 1 is 1.26 bits per heavy atom. The van der Waals surface area contributed by atoms with Crippen LogP contribution < -0.4 is 11.1 Å². The molecule has 0 fully saturated rings. The van der Waals surface area contributed by atoms with Crippen molar-refractivity contribution in [3.05, 3.63) is 29.8 Å². The number of benzene rings is 1. The van der Waals surface area contributed by atoms with Crippen LogP contribution in [-0.2, 0) is 9.53 Å². The number of hydrogen-bond donors (Lipinski definition) is 2. The first-order valence-corrected chi connectivity index (χ1v) is 6.25. The molecule has 0 heterocycles. The van der Waals surface area contributed by atoms with Crippen molar-refractivity contribution < 1.29 is 14.3 Å². The standard InChI is InChI=1S/C14H20N2O3/c1-9(2)19-14(18)10(3)8-16-13(17)11-6-4-5-7-12(11)15/h4-7,9-10H,8,15H2,1-3H3,(H,16,17). The lowest BCUT2D eigenvalue weighted by atomic mass is 10.1. The Hall–Kier alpha value is -2.04. The lowest BCUT2D eigenvalue weighted by Gasteiger charge is -2.14. The van der Waals surface area contributed by atoms with Gasteiger partial charge >= 0.3 is 5.97 Å². The topological polar surface area (TPSA) is 81.4 Å². The predicted molar refractivity (Wildman–Crippen MR) is 73.6 cm³/mol. The number of hydrogen-bond acceptors (Lipinski definition) is 4. The third-order valence-corrected chi connectivity index (χ3v) is 2.53. The summed E-state index contributed by atoms with van der Waals surface area (Å²) in [4.78, 5) is 23.4. The van der Waals surface area contributed by atoms with Crippen LogP contribution in [0.5, 0.6) is 0 Å². The molecule has 0 spiro atoms. The molecule has 1 rings (SSSR count). The van der Waals surface area contributed by atoms with Gasteiger partial charge in [0.15, 0.2) is 0 Å². The van der Waals surface area contributed by atoms with E-state index in [0.717, 1.165) is 0 Å². The zero-order valence-corrected chi connectivity index (χ0v) is 11.5. The van der Waals surface area contributed by atoms with E-state index in [1.807, 2.05) is 0 Å². The minimum atomic E-state index is -0.392. The van der Waals surface area contributed by atoms with Crippen LogP contribution in [0.2, 0.25) is 0 Å². The first kappa shape index (κ1) is 15.0. The minimum Gasteiger partial charge on any atom is -0.463 e. The largest absolute Gasteiger partial charge is 0.463 e. The molecule has 1 aromatic carbocycles. The summed E-state index contributed by atoms with van der Waals surface area (Å²) in [6, 6.07) is 6.80. The number of para-hydroxylation sites is 1. The second-order valence-electron chi connectivity index (χ2n) is 4.68. The van der Waals surface area contributed by atoms with E-state index in [2.05, 4.69) is 5.32 Å². The Bertz CT molecular complexity index is 458. The van der Waals surface area contributed by atoms with Crippen molar-refractivity contribution in [2.24, 2.45) is 5.92 Å². The Balaban J connectivity index is 2.51. The lowest BCUT2D eigenvalue weighted by molar-refractivity contribution is -0.151. The summed E-state index contributed by atoms with van der Waals surface area (Å²) in [5.41, 5.74) is 6.52. The van der Waals surface area contributed by atoms with E-state index in [4.69, 9.17) is 10.5 Å². The molecular formula is C14H20N2O3. The number of nitrogen functional groups attached to an aromatic ring is 1. The molecular weight excluding hydrogens is 244 g/mol. The Morgan fingerprint density at radius 2 is 1.89 bits per heavy atom. The summed E-state index contributed by atoms with van der Waals surface area (Å²) in [5.74, 6) is -1.00. The fourth-order valence-corrected chi connectivity index (χ4v) is 1.48. The Labute approximate surface area is 113 Å². The number of rotatable bonds is 5. The van der Waals surface area contributed by atoms with E-state index in [9.17, 15) is 9.59 Å². The number of esters is 1. The average Bonchev–Trinajstić information content (AvgIpc) is 2.35. The van der Waals surface area contributed by atoms with E-state index >= 15 is 0 Å². The summed E-state index contributed by atoms with van der Waals surface area (Å²) >= 11 is 0. The first-order valence-electron chi connectivity index (χ1n) is 6.25. The molecule has 0 saturated carbocycles. The van der Waals surface area contributed by atoms with Crippen molar-refractivity contribution in [3.63, 3.8) is 0 Å². The summed E-state index contributed by atoms with van der Waals surface area (Å²) < 4.78 is 5.06. The third kappa shape index (κ3) is 4.62. The van der Waals surface area contributed by atoms with Gasteiger partial charge in [-0.1, -0.05) is 19.1 Å². The Morgan fingerprint density at radius 3 is 2.47 bits per heavy atom. The molecule has 1 aromatic rings.